The molecule has 0 spiro atoms. The van der Waals surface area contributed by atoms with E-state index in [2.05, 4.69) is 4.98 Å². The molecular formula is C12H13Cl2N3O2. The van der Waals surface area contributed by atoms with Crippen LogP contribution in [-0.4, -0.2) is 21.0 Å². The molecule has 19 heavy (non-hydrogen) atoms. The van der Waals surface area contributed by atoms with Crippen molar-refractivity contribution >= 4 is 34.2 Å². The zero-order valence-electron chi connectivity index (χ0n) is 10.4. The van der Waals surface area contributed by atoms with Gasteiger partial charge in [-0.05, 0) is 25.3 Å². The SMILES string of the molecule is Cn1c(=O)c2c(Cl)cc(Cl)nc2n1C1CCCCO1. The van der Waals surface area contributed by atoms with Gasteiger partial charge in [0.05, 0.1) is 5.02 Å². The monoisotopic (exact) mass is 301 g/mol. The maximum Gasteiger partial charge on any atom is 0.277 e. The topological polar surface area (TPSA) is 49.0 Å². The minimum absolute atomic E-state index is 0.182. The zero-order valence-corrected chi connectivity index (χ0v) is 11.9. The molecule has 1 aliphatic heterocycles. The van der Waals surface area contributed by atoms with Gasteiger partial charge in [0.15, 0.2) is 11.9 Å². The van der Waals surface area contributed by atoms with E-state index in [0.29, 0.717) is 22.7 Å². The molecule has 0 bridgehead atoms. The van der Waals surface area contributed by atoms with Crippen molar-refractivity contribution in [2.75, 3.05) is 6.61 Å². The Kier molecular flexibility index (Phi) is 3.28. The number of pyridine rings is 1. The van der Waals surface area contributed by atoms with Crippen LogP contribution in [0, 0.1) is 0 Å². The molecule has 1 saturated heterocycles. The van der Waals surface area contributed by atoms with Crippen LogP contribution >= 0.6 is 23.2 Å². The summed E-state index contributed by atoms with van der Waals surface area (Å²) in [7, 11) is 1.69. The number of halogens is 2. The molecule has 3 rings (SSSR count). The fraction of sp³-hybridized carbons (Fsp3) is 0.500. The van der Waals surface area contributed by atoms with Gasteiger partial charge < -0.3 is 4.74 Å². The number of fused-ring (bicyclic) bond motifs is 1. The van der Waals surface area contributed by atoms with Crippen LogP contribution in [0.1, 0.15) is 25.5 Å². The summed E-state index contributed by atoms with van der Waals surface area (Å²) in [5.41, 5.74) is 0.301. The molecule has 5 nitrogen and oxygen atoms in total. The minimum atomic E-state index is -0.189. The number of hydrogen-bond acceptors (Lipinski definition) is 3. The van der Waals surface area contributed by atoms with Crippen molar-refractivity contribution in [3.05, 3.63) is 26.6 Å². The van der Waals surface area contributed by atoms with Crippen molar-refractivity contribution in [2.45, 2.75) is 25.5 Å². The van der Waals surface area contributed by atoms with Crippen molar-refractivity contribution in [2.24, 2.45) is 7.05 Å². The summed E-state index contributed by atoms with van der Waals surface area (Å²) in [5, 5.41) is 0.987. The van der Waals surface area contributed by atoms with E-state index >= 15 is 0 Å². The molecule has 3 heterocycles. The molecule has 0 radical (unpaired) electrons. The van der Waals surface area contributed by atoms with E-state index in [0.717, 1.165) is 19.3 Å². The summed E-state index contributed by atoms with van der Waals surface area (Å²) in [6, 6.07) is 1.49. The van der Waals surface area contributed by atoms with Gasteiger partial charge in [-0.25, -0.2) is 14.3 Å². The lowest BCUT2D eigenvalue weighted by Crippen LogP contribution is -2.27. The second kappa shape index (κ2) is 4.81. The van der Waals surface area contributed by atoms with E-state index in [1.165, 1.54) is 10.7 Å². The summed E-state index contributed by atoms with van der Waals surface area (Å²) in [4.78, 5) is 16.5. The van der Waals surface area contributed by atoms with Crippen LogP contribution in [0.2, 0.25) is 10.2 Å². The molecular weight excluding hydrogens is 289 g/mol. The molecule has 7 heteroatoms. The van der Waals surface area contributed by atoms with Gasteiger partial charge in [-0.2, -0.15) is 0 Å². The van der Waals surface area contributed by atoms with Crippen LogP contribution in [0.25, 0.3) is 11.0 Å². The first kappa shape index (κ1) is 13.0. The normalized spacial score (nSPS) is 20.1. The Hall–Kier alpha value is -1.04. The van der Waals surface area contributed by atoms with Gasteiger partial charge >= 0.3 is 0 Å². The fourth-order valence-electron chi connectivity index (χ4n) is 2.48. The van der Waals surface area contributed by atoms with Crippen LogP contribution in [0.3, 0.4) is 0 Å². The van der Waals surface area contributed by atoms with Gasteiger partial charge in [0, 0.05) is 13.7 Å². The minimum Gasteiger partial charge on any atom is -0.357 e. The molecule has 0 N–H and O–H groups in total. The number of nitrogens with zero attached hydrogens (tertiary/aromatic N) is 3. The molecule has 1 fully saturated rings. The summed E-state index contributed by atoms with van der Waals surface area (Å²) < 4.78 is 8.96. The average molecular weight is 302 g/mol. The van der Waals surface area contributed by atoms with Crippen molar-refractivity contribution in [1.29, 1.82) is 0 Å². The van der Waals surface area contributed by atoms with E-state index in [-0.39, 0.29) is 16.9 Å². The van der Waals surface area contributed by atoms with Gasteiger partial charge in [-0.15, -0.1) is 0 Å². The predicted octanol–water partition coefficient (Wildman–Crippen LogP) is 2.74. The fourth-order valence-corrected chi connectivity index (χ4v) is 3.00. The third-order valence-corrected chi connectivity index (χ3v) is 3.89. The van der Waals surface area contributed by atoms with E-state index in [9.17, 15) is 4.79 Å². The molecule has 2 aromatic rings. The van der Waals surface area contributed by atoms with Gasteiger partial charge in [0.25, 0.3) is 5.56 Å². The third-order valence-electron chi connectivity index (χ3n) is 3.40. The second-order valence-electron chi connectivity index (χ2n) is 4.62. The molecule has 1 aliphatic rings. The lowest BCUT2D eigenvalue weighted by Gasteiger charge is -2.25. The van der Waals surface area contributed by atoms with E-state index in [1.807, 2.05) is 0 Å². The smallest absolute Gasteiger partial charge is 0.277 e. The van der Waals surface area contributed by atoms with Crippen molar-refractivity contribution in [1.82, 2.24) is 14.3 Å². The highest BCUT2D eigenvalue weighted by atomic mass is 35.5. The first-order valence-corrected chi connectivity index (χ1v) is 6.90. The van der Waals surface area contributed by atoms with E-state index in [1.54, 1.807) is 11.7 Å². The molecule has 1 unspecified atom stereocenters. The summed E-state index contributed by atoms with van der Waals surface area (Å²) in [5.74, 6) is 0. The van der Waals surface area contributed by atoms with Crippen LogP contribution in [0.5, 0.6) is 0 Å². The molecule has 0 aliphatic carbocycles. The number of ether oxygens (including phenoxy) is 1. The van der Waals surface area contributed by atoms with E-state index in [4.69, 9.17) is 27.9 Å². The Labute approximate surface area is 119 Å². The lowest BCUT2D eigenvalue weighted by atomic mass is 10.2. The number of aromatic nitrogens is 3. The average Bonchev–Trinajstić information content (AvgIpc) is 2.63. The quantitative estimate of drug-likeness (QED) is 0.761. The predicted molar refractivity (Wildman–Crippen MR) is 73.8 cm³/mol. The van der Waals surface area contributed by atoms with Crippen LogP contribution < -0.4 is 5.56 Å². The highest BCUT2D eigenvalue weighted by molar-refractivity contribution is 6.37. The first-order valence-electron chi connectivity index (χ1n) is 6.14. The molecule has 1 atom stereocenters. The number of hydrogen-bond donors (Lipinski definition) is 0. The van der Waals surface area contributed by atoms with Crippen molar-refractivity contribution in [3.63, 3.8) is 0 Å². The van der Waals surface area contributed by atoms with Gasteiger partial charge in [0.2, 0.25) is 0 Å². The highest BCUT2D eigenvalue weighted by Gasteiger charge is 2.24. The van der Waals surface area contributed by atoms with Gasteiger partial charge in [-0.3, -0.25) is 4.79 Å². The summed E-state index contributed by atoms with van der Waals surface area (Å²) in [6.45, 7) is 0.687. The standard InChI is InChI=1S/C12H13Cl2N3O2/c1-16-12(18)10-7(13)6-8(14)15-11(10)17(16)9-4-2-3-5-19-9/h6,9H,2-5H2,1H3. The van der Waals surface area contributed by atoms with Crippen LogP contribution in [0.4, 0.5) is 0 Å². The Morgan fingerprint density at radius 3 is 2.89 bits per heavy atom. The largest absolute Gasteiger partial charge is 0.357 e. The molecule has 102 valence electrons. The third kappa shape index (κ3) is 2.06. The van der Waals surface area contributed by atoms with Gasteiger partial charge in [-0.1, -0.05) is 23.2 Å². The van der Waals surface area contributed by atoms with Crippen LogP contribution in [0.15, 0.2) is 10.9 Å². The molecule has 0 saturated carbocycles. The van der Waals surface area contributed by atoms with Crippen molar-refractivity contribution in [3.8, 4) is 0 Å². The molecule has 0 amide bonds. The maximum absolute atomic E-state index is 12.2. The van der Waals surface area contributed by atoms with Crippen molar-refractivity contribution < 1.29 is 4.74 Å². The zero-order chi connectivity index (χ0) is 13.6. The van der Waals surface area contributed by atoms with Crippen LogP contribution in [-0.2, 0) is 11.8 Å². The Morgan fingerprint density at radius 1 is 1.42 bits per heavy atom. The Balaban J connectivity index is 2.28. The maximum atomic E-state index is 12.2. The van der Waals surface area contributed by atoms with Gasteiger partial charge in [0.1, 0.15) is 10.5 Å². The molecule has 2 aromatic heterocycles. The summed E-state index contributed by atoms with van der Waals surface area (Å²) >= 11 is 12.0. The number of rotatable bonds is 1. The summed E-state index contributed by atoms with van der Waals surface area (Å²) in [6.07, 6.45) is 2.76. The second-order valence-corrected chi connectivity index (χ2v) is 5.41. The lowest BCUT2D eigenvalue weighted by molar-refractivity contribution is -0.0431. The highest BCUT2D eigenvalue weighted by Crippen LogP contribution is 2.28. The van der Waals surface area contributed by atoms with E-state index < -0.39 is 0 Å². The first-order chi connectivity index (χ1) is 9.09. The Morgan fingerprint density at radius 2 is 2.21 bits per heavy atom. The molecule has 0 aromatic carbocycles. The Bertz CT molecular complexity index is 686.